The monoisotopic (exact) mass is 263 g/mol. The standard InChI is InChI=1S/C17H26FN/c1-3-12-10-16(13-4-5-13)17(19-11(12)2)14-6-8-15(18)9-7-14/h6,11-13,15-16H,3-5,7-10H2,1-2H3/t11-,12?,15+,16?/m1/s1. The molecule has 106 valence electrons. The number of aliphatic imine (C=N–C) groups is 1. The molecule has 2 aliphatic carbocycles. The van der Waals surface area contributed by atoms with Gasteiger partial charge in [-0.05, 0) is 62.9 Å². The van der Waals surface area contributed by atoms with E-state index in [4.69, 9.17) is 4.99 Å². The van der Waals surface area contributed by atoms with Crippen LogP contribution >= 0.6 is 0 Å². The predicted octanol–water partition coefficient (Wildman–Crippen LogP) is 4.72. The minimum Gasteiger partial charge on any atom is -0.286 e. The molecule has 19 heavy (non-hydrogen) atoms. The highest BCUT2D eigenvalue weighted by Crippen LogP contribution is 2.46. The Morgan fingerprint density at radius 1 is 1.32 bits per heavy atom. The lowest BCUT2D eigenvalue weighted by Crippen LogP contribution is -2.33. The van der Waals surface area contributed by atoms with Crippen molar-refractivity contribution in [1.82, 2.24) is 0 Å². The first kappa shape index (κ1) is 13.3. The fraction of sp³-hybridized carbons (Fsp3) is 0.824. The molecule has 3 rings (SSSR count). The van der Waals surface area contributed by atoms with Gasteiger partial charge in [0.1, 0.15) is 6.17 Å². The molecule has 1 heterocycles. The van der Waals surface area contributed by atoms with Crippen molar-refractivity contribution in [3.8, 4) is 0 Å². The molecule has 1 aliphatic heterocycles. The SMILES string of the molecule is CCC1CC(C2CC2)C(C2=CC[C@H](F)CC2)=N[C@@H]1C. The Morgan fingerprint density at radius 2 is 2.11 bits per heavy atom. The summed E-state index contributed by atoms with van der Waals surface area (Å²) in [4.78, 5) is 5.05. The third-order valence-electron chi connectivity index (χ3n) is 5.32. The van der Waals surface area contributed by atoms with E-state index in [-0.39, 0.29) is 0 Å². The van der Waals surface area contributed by atoms with Crippen LogP contribution in [0.5, 0.6) is 0 Å². The van der Waals surface area contributed by atoms with Gasteiger partial charge >= 0.3 is 0 Å². The van der Waals surface area contributed by atoms with Crippen molar-refractivity contribution in [3.63, 3.8) is 0 Å². The lowest BCUT2D eigenvalue weighted by molar-refractivity contribution is 0.305. The normalized spacial score (nSPS) is 39.7. The maximum atomic E-state index is 13.3. The summed E-state index contributed by atoms with van der Waals surface area (Å²) in [7, 11) is 0. The van der Waals surface area contributed by atoms with Crippen molar-refractivity contribution in [2.24, 2.45) is 22.7 Å². The second-order valence-electron chi connectivity index (χ2n) is 6.70. The van der Waals surface area contributed by atoms with E-state index in [2.05, 4.69) is 19.9 Å². The van der Waals surface area contributed by atoms with E-state index in [1.165, 1.54) is 37.0 Å². The molecular weight excluding hydrogens is 237 g/mol. The molecule has 1 saturated carbocycles. The lowest BCUT2D eigenvalue weighted by Gasteiger charge is -2.35. The van der Waals surface area contributed by atoms with E-state index in [1.807, 2.05) is 0 Å². The van der Waals surface area contributed by atoms with Crippen LogP contribution in [0.1, 0.15) is 58.8 Å². The third kappa shape index (κ3) is 2.78. The average Bonchev–Trinajstić information content (AvgIpc) is 3.24. The van der Waals surface area contributed by atoms with Crippen LogP contribution in [-0.2, 0) is 0 Å². The Balaban J connectivity index is 1.84. The summed E-state index contributed by atoms with van der Waals surface area (Å²) in [5, 5.41) is 0. The smallest absolute Gasteiger partial charge is 0.104 e. The van der Waals surface area contributed by atoms with Crippen molar-refractivity contribution in [2.45, 2.75) is 71.0 Å². The molecule has 0 spiro atoms. The summed E-state index contributed by atoms with van der Waals surface area (Å²) in [6.07, 6.45) is 9.07. The first-order valence-electron chi connectivity index (χ1n) is 8.10. The highest BCUT2D eigenvalue weighted by Gasteiger charge is 2.40. The van der Waals surface area contributed by atoms with Gasteiger partial charge in [-0.1, -0.05) is 19.4 Å². The number of rotatable bonds is 3. The number of allylic oxidation sites excluding steroid dienone is 2. The number of hydrogen-bond donors (Lipinski definition) is 0. The molecule has 2 heteroatoms. The minimum atomic E-state index is -0.617. The molecule has 0 aromatic rings. The van der Waals surface area contributed by atoms with Crippen molar-refractivity contribution in [3.05, 3.63) is 11.6 Å². The maximum absolute atomic E-state index is 13.3. The molecule has 0 radical (unpaired) electrons. The first-order valence-corrected chi connectivity index (χ1v) is 8.10. The van der Waals surface area contributed by atoms with E-state index in [0.29, 0.717) is 24.8 Å². The highest BCUT2D eigenvalue weighted by atomic mass is 19.1. The van der Waals surface area contributed by atoms with Crippen LogP contribution < -0.4 is 0 Å². The number of alkyl halides is 1. The van der Waals surface area contributed by atoms with Crippen LogP contribution in [0.3, 0.4) is 0 Å². The summed E-state index contributed by atoms with van der Waals surface area (Å²) in [5.74, 6) is 2.32. The summed E-state index contributed by atoms with van der Waals surface area (Å²) in [6, 6.07) is 0.457. The van der Waals surface area contributed by atoms with Gasteiger partial charge in [0.2, 0.25) is 0 Å². The fourth-order valence-electron chi connectivity index (χ4n) is 3.83. The molecule has 2 unspecified atom stereocenters. The van der Waals surface area contributed by atoms with Crippen molar-refractivity contribution < 1.29 is 4.39 Å². The number of hydrogen-bond acceptors (Lipinski definition) is 1. The maximum Gasteiger partial charge on any atom is 0.104 e. The van der Waals surface area contributed by atoms with Crippen molar-refractivity contribution in [1.29, 1.82) is 0 Å². The third-order valence-corrected chi connectivity index (χ3v) is 5.32. The van der Waals surface area contributed by atoms with Crippen molar-refractivity contribution >= 4 is 5.71 Å². The zero-order chi connectivity index (χ0) is 13.4. The minimum absolute atomic E-state index is 0.457. The average molecular weight is 263 g/mol. The van der Waals surface area contributed by atoms with Gasteiger partial charge in [0, 0.05) is 11.6 Å². The molecule has 0 aromatic heterocycles. The van der Waals surface area contributed by atoms with Gasteiger partial charge in [-0.15, -0.1) is 0 Å². The van der Waals surface area contributed by atoms with E-state index in [0.717, 1.165) is 18.3 Å². The molecule has 4 atom stereocenters. The summed E-state index contributed by atoms with van der Waals surface area (Å²) < 4.78 is 13.3. The Labute approximate surface area is 116 Å². The van der Waals surface area contributed by atoms with Crippen LogP contribution in [0, 0.1) is 17.8 Å². The van der Waals surface area contributed by atoms with E-state index >= 15 is 0 Å². The molecular formula is C17H26FN. The second-order valence-corrected chi connectivity index (χ2v) is 6.70. The zero-order valence-electron chi connectivity index (χ0n) is 12.2. The summed E-state index contributed by atoms with van der Waals surface area (Å²) >= 11 is 0. The van der Waals surface area contributed by atoms with Crippen LogP contribution in [0.4, 0.5) is 4.39 Å². The predicted molar refractivity (Wildman–Crippen MR) is 78.3 cm³/mol. The van der Waals surface area contributed by atoms with Gasteiger partial charge < -0.3 is 0 Å². The second kappa shape index (κ2) is 5.38. The molecule has 0 aromatic carbocycles. The number of nitrogens with zero attached hydrogens (tertiary/aromatic N) is 1. The molecule has 3 aliphatic rings. The van der Waals surface area contributed by atoms with Gasteiger partial charge in [0.05, 0.1) is 6.04 Å². The Morgan fingerprint density at radius 3 is 2.68 bits per heavy atom. The van der Waals surface area contributed by atoms with Gasteiger partial charge in [-0.25, -0.2) is 4.39 Å². The Kier molecular flexibility index (Phi) is 3.77. The van der Waals surface area contributed by atoms with E-state index < -0.39 is 6.17 Å². The summed E-state index contributed by atoms with van der Waals surface area (Å²) in [6.45, 7) is 4.55. The van der Waals surface area contributed by atoms with Gasteiger partial charge in [0.15, 0.2) is 0 Å². The fourth-order valence-corrected chi connectivity index (χ4v) is 3.83. The quantitative estimate of drug-likeness (QED) is 0.698. The molecule has 0 bridgehead atoms. The molecule has 0 saturated heterocycles. The molecule has 0 N–H and O–H groups in total. The highest BCUT2D eigenvalue weighted by molar-refractivity contribution is 6.02. The topological polar surface area (TPSA) is 12.4 Å². The largest absolute Gasteiger partial charge is 0.286 e. The molecule has 1 nitrogen and oxygen atoms in total. The zero-order valence-corrected chi connectivity index (χ0v) is 12.2. The Hall–Kier alpha value is -0.660. The van der Waals surface area contributed by atoms with Gasteiger partial charge in [0.25, 0.3) is 0 Å². The van der Waals surface area contributed by atoms with E-state index in [1.54, 1.807) is 0 Å². The lowest BCUT2D eigenvalue weighted by atomic mass is 9.76. The van der Waals surface area contributed by atoms with Gasteiger partial charge in [-0.2, -0.15) is 0 Å². The van der Waals surface area contributed by atoms with E-state index in [9.17, 15) is 4.39 Å². The van der Waals surface area contributed by atoms with Crippen LogP contribution in [0.15, 0.2) is 16.6 Å². The molecule has 1 fully saturated rings. The van der Waals surface area contributed by atoms with Crippen LogP contribution in [0.2, 0.25) is 0 Å². The van der Waals surface area contributed by atoms with Crippen LogP contribution in [-0.4, -0.2) is 17.9 Å². The van der Waals surface area contributed by atoms with Crippen LogP contribution in [0.25, 0.3) is 0 Å². The van der Waals surface area contributed by atoms with Crippen molar-refractivity contribution in [2.75, 3.05) is 0 Å². The first-order chi connectivity index (χ1) is 9.19. The molecule has 0 amide bonds. The number of halogens is 1. The van der Waals surface area contributed by atoms with Gasteiger partial charge in [-0.3, -0.25) is 4.99 Å². The summed E-state index contributed by atoms with van der Waals surface area (Å²) in [5.41, 5.74) is 2.75. The Bertz CT molecular complexity index is 394.